The molecule has 1 fully saturated rings. The van der Waals surface area contributed by atoms with Crippen LogP contribution in [0.2, 0.25) is 0 Å². The van der Waals surface area contributed by atoms with Crippen molar-refractivity contribution in [3.63, 3.8) is 0 Å². The van der Waals surface area contributed by atoms with E-state index in [0.29, 0.717) is 12.1 Å². The molecule has 1 aromatic rings. The predicted molar refractivity (Wildman–Crippen MR) is 66.7 cm³/mol. The molecule has 2 atom stereocenters. The van der Waals surface area contributed by atoms with Gasteiger partial charge in [-0.15, -0.1) is 0 Å². The van der Waals surface area contributed by atoms with Crippen LogP contribution in [-0.2, 0) is 11.3 Å². The molecule has 94 valence electrons. The monoisotopic (exact) mass is 235 g/mol. The standard InChI is InChI=1S/C13H21N3O/c1-10-7-15-12(8-14-10)9-16-11-4-3-5-13(6-11)17-2/h7-8,11,13,16H,3-6,9H2,1-2H3. The van der Waals surface area contributed by atoms with Crippen LogP contribution in [0, 0.1) is 6.92 Å². The summed E-state index contributed by atoms with van der Waals surface area (Å²) in [7, 11) is 1.80. The van der Waals surface area contributed by atoms with Gasteiger partial charge in [0.2, 0.25) is 0 Å². The van der Waals surface area contributed by atoms with Crippen molar-refractivity contribution in [2.24, 2.45) is 0 Å². The van der Waals surface area contributed by atoms with Crippen molar-refractivity contribution >= 4 is 0 Å². The second kappa shape index (κ2) is 6.07. The number of hydrogen-bond acceptors (Lipinski definition) is 4. The summed E-state index contributed by atoms with van der Waals surface area (Å²) < 4.78 is 5.42. The quantitative estimate of drug-likeness (QED) is 0.865. The summed E-state index contributed by atoms with van der Waals surface area (Å²) in [5.41, 5.74) is 1.97. The van der Waals surface area contributed by atoms with Crippen molar-refractivity contribution in [2.45, 2.75) is 51.3 Å². The van der Waals surface area contributed by atoms with E-state index in [1.54, 1.807) is 7.11 Å². The zero-order chi connectivity index (χ0) is 12.1. The fraction of sp³-hybridized carbons (Fsp3) is 0.692. The van der Waals surface area contributed by atoms with E-state index in [-0.39, 0.29) is 0 Å². The van der Waals surface area contributed by atoms with Crippen molar-refractivity contribution in [3.05, 3.63) is 23.8 Å². The zero-order valence-electron chi connectivity index (χ0n) is 10.6. The molecule has 2 rings (SSSR count). The molecule has 0 spiro atoms. The van der Waals surface area contributed by atoms with Gasteiger partial charge in [0, 0.05) is 32.1 Å². The second-order valence-corrected chi connectivity index (χ2v) is 4.75. The van der Waals surface area contributed by atoms with Gasteiger partial charge in [0.25, 0.3) is 0 Å². The van der Waals surface area contributed by atoms with E-state index in [4.69, 9.17) is 4.74 Å². The van der Waals surface area contributed by atoms with Crippen LogP contribution in [-0.4, -0.2) is 29.2 Å². The third-order valence-corrected chi connectivity index (χ3v) is 3.37. The van der Waals surface area contributed by atoms with Crippen LogP contribution in [0.15, 0.2) is 12.4 Å². The Morgan fingerprint density at radius 3 is 2.94 bits per heavy atom. The minimum Gasteiger partial charge on any atom is -0.381 e. The first-order valence-corrected chi connectivity index (χ1v) is 6.31. The van der Waals surface area contributed by atoms with E-state index in [0.717, 1.165) is 24.4 Å². The molecule has 0 saturated heterocycles. The van der Waals surface area contributed by atoms with Crippen LogP contribution in [0.1, 0.15) is 37.1 Å². The molecule has 1 heterocycles. The Hall–Kier alpha value is -1.00. The molecular formula is C13H21N3O. The Bertz CT molecular complexity index is 339. The van der Waals surface area contributed by atoms with Gasteiger partial charge in [-0.05, 0) is 32.6 Å². The van der Waals surface area contributed by atoms with Crippen LogP contribution >= 0.6 is 0 Å². The number of nitrogens with one attached hydrogen (secondary N) is 1. The Morgan fingerprint density at radius 2 is 2.24 bits per heavy atom. The molecule has 1 aliphatic rings. The van der Waals surface area contributed by atoms with Crippen molar-refractivity contribution in [3.8, 4) is 0 Å². The molecule has 1 aromatic heterocycles. The summed E-state index contributed by atoms with van der Waals surface area (Å²) in [6, 6.07) is 0.553. The fourth-order valence-corrected chi connectivity index (χ4v) is 2.30. The van der Waals surface area contributed by atoms with Gasteiger partial charge in [0.15, 0.2) is 0 Å². The van der Waals surface area contributed by atoms with Gasteiger partial charge < -0.3 is 10.1 Å². The highest BCUT2D eigenvalue weighted by Crippen LogP contribution is 2.20. The van der Waals surface area contributed by atoms with E-state index in [2.05, 4.69) is 15.3 Å². The number of rotatable bonds is 4. The van der Waals surface area contributed by atoms with Crippen LogP contribution in [0.25, 0.3) is 0 Å². The third kappa shape index (κ3) is 3.75. The second-order valence-electron chi connectivity index (χ2n) is 4.75. The Balaban J connectivity index is 1.79. The Labute approximate surface area is 103 Å². The summed E-state index contributed by atoms with van der Waals surface area (Å²) in [6.07, 6.45) is 8.86. The van der Waals surface area contributed by atoms with Gasteiger partial charge >= 0.3 is 0 Å². The average Bonchev–Trinajstić information content (AvgIpc) is 2.38. The molecule has 0 aliphatic heterocycles. The molecule has 1 aliphatic carbocycles. The van der Waals surface area contributed by atoms with Crippen molar-refractivity contribution in [1.82, 2.24) is 15.3 Å². The van der Waals surface area contributed by atoms with Gasteiger partial charge in [-0.1, -0.05) is 0 Å². The number of ether oxygens (including phenoxy) is 1. The molecular weight excluding hydrogens is 214 g/mol. The molecule has 2 unspecified atom stereocenters. The molecule has 0 bridgehead atoms. The topological polar surface area (TPSA) is 47.0 Å². The summed E-state index contributed by atoms with van der Waals surface area (Å²) in [5.74, 6) is 0. The zero-order valence-corrected chi connectivity index (χ0v) is 10.6. The molecule has 1 N–H and O–H groups in total. The maximum Gasteiger partial charge on any atom is 0.0724 e. The molecule has 0 aromatic carbocycles. The third-order valence-electron chi connectivity index (χ3n) is 3.37. The highest BCUT2D eigenvalue weighted by atomic mass is 16.5. The highest BCUT2D eigenvalue weighted by Gasteiger charge is 2.21. The van der Waals surface area contributed by atoms with E-state index < -0.39 is 0 Å². The van der Waals surface area contributed by atoms with Gasteiger partial charge in [0.1, 0.15) is 0 Å². The lowest BCUT2D eigenvalue weighted by Crippen LogP contribution is -2.36. The minimum absolute atomic E-state index is 0.422. The van der Waals surface area contributed by atoms with Crippen molar-refractivity contribution in [2.75, 3.05) is 7.11 Å². The van der Waals surface area contributed by atoms with Gasteiger partial charge in [0.05, 0.1) is 17.5 Å². The number of hydrogen-bond donors (Lipinski definition) is 1. The van der Waals surface area contributed by atoms with Crippen LogP contribution in [0.4, 0.5) is 0 Å². The lowest BCUT2D eigenvalue weighted by atomic mass is 9.93. The SMILES string of the molecule is COC1CCCC(NCc2cnc(C)cn2)C1. The molecule has 4 heteroatoms. The number of aryl methyl sites for hydroxylation is 1. The first-order valence-electron chi connectivity index (χ1n) is 6.31. The minimum atomic E-state index is 0.422. The lowest BCUT2D eigenvalue weighted by molar-refractivity contribution is 0.0585. The van der Waals surface area contributed by atoms with Crippen molar-refractivity contribution < 1.29 is 4.74 Å². The molecule has 0 radical (unpaired) electrons. The van der Waals surface area contributed by atoms with E-state index in [1.165, 1.54) is 19.3 Å². The van der Waals surface area contributed by atoms with Crippen LogP contribution in [0.3, 0.4) is 0 Å². The smallest absolute Gasteiger partial charge is 0.0724 e. The van der Waals surface area contributed by atoms with Gasteiger partial charge in [-0.2, -0.15) is 0 Å². The lowest BCUT2D eigenvalue weighted by Gasteiger charge is -2.28. The number of nitrogens with zero attached hydrogens (tertiary/aromatic N) is 2. The first kappa shape index (κ1) is 12.5. The Morgan fingerprint density at radius 1 is 1.35 bits per heavy atom. The fourth-order valence-electron chi connectivity index (χ4n) is 2.30. The molecule has 4 nitrogen and oxygen atoms in total. The van der Waals surface area contributed by atoms with Crippen LogP contribution < -0.4 is 5.32 Å². The van der Waals surface area contributed by atoms with E-state index >= 15 is 0 Å². The van der Waals surface area contributed by atoms with Crippen molar-refractivity contribution in [1.29, 1.82) is 0 Å². The summed E-state index contributed by atoms with van der Waals surface area (Å²) in [5, 5.41) is 3.54. The van der Waals surface area contributed by atoms with Gasteiger partial charge in [-0.3, -0.25) is 9.97 Å². The summed E-state index contributed by atoms with van der Waals surface area (Å²) in [6.45, 7) is 2.75. The summed E-state index contributed by atoms with van der Waals surface area (Å²) in [4.78, 5) is 8.59. The van der Waals surface area contributed by atoms with E-state index in [1.807, 2.05) is 19.3 Å². The average molecular weight is 235 g/mol. The maximum atomic E-state index is 5.42. The molecule has 17 heavy (non-hydrogen) atoms. The first-order chi connectivity index (χ1) is 8.28. The van der Waals surface area contributed by atoms with Crippen LogP contribution in [0.5, 0.6) is 0 Å². The number of aromatic nitrogens is 2. The highest BCUT2D eigenvalue weighted by molar-refractivity contribution is 5.00. The normalized spacial score (nSPS) is 24.8. The maximum absolute atomic E-state index is 5.42. The van der Waals surface area contributed by atoms with Gasteiger partial charge in [-0.25, -0.2) is 0 Å². The molecule has 0 amide bonds. The summed E-state index contributed by atoms with van der Waals surface area (Å²) >= 11 is 0. The predicted octanol–water partition coefficient (Wildman–Crippen LogP) is 1.83. The number of methoxy groups -OCH3 is 1. The Kier molecular flexibility index (Phi) is 4.45. The van der Waals surface area contributed by atoms with E-state index in [9.17, 15) is 0 Å². The molecule has 1 saturated carbocycles. The largest absolute Gasteiger partial charge is 0.381 e.